The fourth-order valence-corrected chi connectivity index (χ4v) is 2.24. The molecule has 0 saturated heterocycles. The third-order valence-electron chi connectivity index (χ3n) is 3.40. The number of anilines is 1. The molecule has 0 radical (unpaired) electrons. The van der Waals surface area contributed by atoms with E-state index < -0.39 is 5.60 Å². The molecule has 1 N–H and O–H groups in total. The van der Waals surface area contributed by atoms with E-state index in [-0.39, 0.29) is 18.4 Å². The first-order valence-corrected chi connectivity index (χ1v) is 6.72. The van der Waals surface area contributed by atoms with Gasteiger partial charge in [0.1, 0.15) is 12.8 Å². The quantitative estimate of drug-likeness (QED) is 0.830. The van der Waals surface area contributed by atoms with Crippen LogP contribution in [0.5, 0.6) is 11.5 Å². The van der Waals surface area contributed by atoms with Crippen LogP contribution in [-0.4, -0.2) is 44.4 Å². The molecule has 1 aromatic carbocycles. The maximum atomic E-state index is 12.6. The van der Waals surface area contributed by atoms with Crippen molar-refractivity contribution in [2.45, 2.75) is 19.4 Å². The highest BCUT2D eigenvalue weighted by Gasteiger charge is 2.43. The minimum absolute atomic E-state index is 0.166. The average Bonchev–Trinajstić information content (AvgIpc) is 2.50. The van der Waals surface area contributed by atoms with Gasteiger partial charge in [-0.25, -0.2) is 0 Å². The van der Waals surface area contributed by atoms with E-state index in [4.69, 9.17) is 9.47 Å². The number of benzene rings is 1. The van der Waals surface area contributed by atoms with E-state index in [2.05, 4.69) is 5.32 Å². The summed E-state index contributed by atoms with van der Waals surface area (Å²) in [6.45, 7) is 3.06. The van der Waals surface area contributed by atoms with Crippen LogP contribution in [0.25, 0.3) is 0 Å². The first-order valence-electron chi connectivity index (χ1n) is 6.72. The second kappa shape index (κ2) is 5.67. The van der Waals surface area contributed by atoms with Crippen molar-refractivity contribution in [2.75, 3.05) is 25.6 Å². The van der Waals surface area contributed by atoms with Gasteiger partial charge in [0.25, 0.3) is 5.91 Å². The van der Waals surface area contributed by atoms with Crippen LogP contribution >= 0.6 is 0 Å². The van der Waals surface area contributed by atoms with Crippen molar-refractivity contribution < 1.29 is 23.9 Å². The molecule has 7 nitrogen and oxygen atoms in total. The smallest absolute Gasteiger partial charge is 0.271 e. The molecule has 0 bridgehead atoms. The molecule has 1 heterocycles. The molecular weight excluding hydrogens is 288 g/mol. The number of fused-ring (bicyclic) bond motifs is 1. The molecule has 1 aliphatic heterocycles. The van der Waals surface area contributed by atoms with Crippen LogP contribution in [-0.2, 0) is 9.59 Å². The molecule has 2 rings (SSSR count). The molecule has 118 valence electrons. The Morgan fingerprint density at radius 2 is 2.14 bits per heavy atom. The standard InChI is InChI=1S/C15H18N2O5/c1-15(2)14(20)17(7-12(19)16-3)10-5-9(8-18)6-11(21-4)13(10)22-15/h5-6,8H,7H2,1-4H3,(H,16,19). The molecule has 1 aromatic rings. The average molecular weight is 306 g/mol. The molecule has 0 atom stereocenters. The zero-order chi connectivity index (χ0) is 16.5. The number of hydrogen-bond acceptors (Lipinski definition) is 5. The summed E-state index contributed by atoms with van der Waals surface area (Å²) in [5.74, 6) is -0.0233. The van der Waals surface area contributed by atoms with E-state index in [1.807, 2.05) is 0 Å². The van der Waals surface area contributed by atoms with Gasteiger partial charge >= 0.3 is 0 Å². The van der Waals surface area contributed by atoms with Crippen LogP contribution < -0.4 is 19.7 Å². The third kappa shape index (κ3) is 2.61. The summed E-state index contributed by atoms with van der Waals surface area (Å²) in [5.41, 5.74) is -0.472. The highest BCUT2D eigenvalue weighted by Crippen LogP contribution is 2.44. The van der Waals surface area contributed by atoms with Gasteiger partial charge in [0.2, 0.25) is 5.91 Å². The Hall–Kier alpha value is -2.57. The van der Waals surface area contributed by atoms with Crippen LogP contribution in [0.2, 0.25) is 0 Å². The van der Waals surface area contributed by atoms with Crippen LogP contribution in [0, 0.1) is 0 Å². The van der Waals surface area contributed by atoms with E-state index in [0.717, 1.165) is 0 Å². The molecule has 2 amide bonds. The number of amides is 2. The lowest BCUT2D eigenvalue weighted by Crippen LogP contribution is -2.54. The molecule has 0 fully saturated rings. The molecule has 0 saturated carbocycles. The number of aldehydes is 1. The summed E-state index contributed by atoms with van der Waals surface area (Å²) in [6, 6.07) is 3.02. The number of methoxy groups -OCH3 is 1. The summed E-state index contributed by atoms with van der Waals surface area (Å²) in [5, 5.41) is 2.47. The van der Waals surface area contributed by atoms with Crippen LogP contribution in [0.4, 0.5) is 5.69 Å². The number of ether oxygens (including phenoxy) is 2. The first-order chi connectivity index (χ1) is 10.3. The summed E-state index contributed by atoms with van der Waals surface area (Å²) >= 11 is 0. The predicted octanol–water partition coefficient (Wildman–Crippen LogP) is 0.758. The minimum atomic E-state index is -1.14. The van der Waals surface area contributed by atoms with E-state index in [9.17, 15) is 14.4 Å². The van der Waals surface area contributed by atoms with Crippen LogP contribution in [0.1, 0.15) is 24.2 Å². The fraction of sp³-hybridized carbons (Fsp3) is 0.400. The van der Waals surface area contributed by atoms with Gasteiger partial charge in [-0.1, -0.05) is 0 Å². The minimum Gasteiger partial charge on any atom is -0.493 e. The van der Waals surface area contributed by atoms with E-state index >= 15 is 0 Å². The van der Waals surface area contributed by atoms with Gasteiger partial charge in [0.05, 0.1) is 12.8 Å². The molecule has 0 unspecified atom stereocenters. The van der Waals surface area contributed by atoms with Crippen molar-refractivity contribution in [3.63, 3.8) is 0 Å². The van der Waals surface area contributed by atoms with Crippen molar-refractivity contribution in [1.82, 2.24) is 5.32 Å². The van der Waals surface area contributed by atoms with Crippen molar-refractivity contribution in [2.24, 2.45) is 0 Å². The Balaban J connectivity index is 2.62. The van der Waals surface area contributed by atoms with Gasteiger partial charge in [0, 0.05) is 12.6 Å². The van der Waals surface area contributed by atoms with Crippen molar-refractivity contribution in [3.8, 4) is 11.5 Å². The Labute approximate surface area is 128 Å². The van der Waals surface area contributed by atoms with Crippen molar-refractivity contribution in [1.29, 1.82) is 0 Å². The van der Waals surface area contributed by atoms with Crippen molar-refractivity contribution in [3.05, 3.63) is 17.7 Å². The van der Waals surface area contributed by atoms with E-state index in [1.165, 1.54) is 31.2 Å². The Morgan fingerprint density at radius 1 is 1.45 bits per heavy atom. The topological polar surface area (TPSA) is 84.9 Å². The summed E-state index contributed by atoms with van der Waals surface area (Å²) in [4.78, 5) is 36.6. The zero-order valence-corrected chi connectivity index (χ0v) is 12.9. The molecule has 22 heavy (non-hydrogen) atoms. The number of nitrogens with zero attached hydrogens (tertiary/aromatic N) is 1. The molecule has 0 aliphatic carbocycles. The molecule has 7 heteroatoms. The van der Waals surface area contributed by atoms with Crippen molar-refractivity contribution >= 4 is 23.8 Å². The second-order valence-corrected chi connectivity index (χ2v) is 5.37. The molecule has 0 spiro atoms. The highest BCUT2D eigenvalue weighted by atomic mass is 16.5. The Kier molecular flexibility index (Phi) is 4.07. The van der Waals surface area contributed by atoms with Gasteiger partial charge < -0.3 is 14.8 Å². The second-order valence-electron chi connectivity index (χ2n) is 5.37. The third-order valence-corrected chi connectivity index (χ3v) is 3.40. The first kappa shape index (κ1) is 15.8. The zero-order valence-electron chi connectivity index (χ0n) is 12.9. The largest absolute Gasteiger partial charge is 0.493 e. The number of likely N-dealkylation sites (N-methyl/N-ethyl adjacent to an activating group) is 1. The van der Waals surface area contributed by atoms with Gasteiger partial charge in [0.15, 0.2) is 17.1 Å². The van der Waals surface area contributed by atoms with Crippen LogP contribution in [0.3, 0.4) is 0 Å². The summed E-state index contributed by atoms with van der Waals surface area (Å²) in [6.07, 6.45) is 0.644. The monoisotopic (exact) mass is 306 g/mol. The van der Waals surface area contributed by atoms with Gasteiger partial charge in [-0.2, -0.15) is 0 Å². The fourth-order valence-electron chi connectivity index (χ4n) is 2.24. The van der Waals surface area contributed by atoms with Gasteiger partial charge in [-0.15, -0.1) is 0 Å². The van der Waals surface area contributed by atoms with Crippen LogP contribution in [0.15, 0.2) is 12.1 Å². The summed E-state index contributed by atoms with van der Waals surface area (Å²) < 4.78 is 11.0. The van der Waals surface area contributed by atoms with Gasteiger partial charge in [-0.3, -0.25) is 19.3 Å². The maximum absolute atomic E-state index is 12.6. The number of hydrogen-bond donors (Lipinski definition) is 1. The van der Waals surface area contributed by atoms with Gasteiger partial charge in [-0.05, 0) is 26.0 Å². The maximum Gasteiger partial charge on any atom is 0.271 e. The molecule has 0 aromatic heterocycles. The lowest BCUT2D eigenvalue weighted by molar-refractivity contribution is -0.134. The molecule has 1 aliphatic rings. The Morgan fingerprint density at radius 3 is 2.68 bits per heavy atom. The lowest BCUT2D eigenvalue weighted by atomic mass is 10.0. The SMILES string of the molecule is CNC(=O)CN1C(=O)C(C)(C)Oc2c(OC)cc(C=O)cc21. The number of carbonyl (C=O) groups is 3. The normalized spacial score (nSPS) is 15.6. The van der Waals surface area contributed by atoms with E-state index in [1.54, 1.807) is 13.8 Å². The number of carbonyl (C=O) groups excluding carboxylic acids is 3. The lowest BCUT2D eigenvalue weighted by Gasteiger charge is -2.39. The number of rotatable bonds is 4. The highest BCUT2D eigenvalue weighted by molar-refractivity contribution is 6.06. The summed E-state index contributed by atoms with van der Waals surface area (Å²) in [7, 11) is 2.93. The number of nitrogens with one attached hydrogen (secondary N) is 1. The molecular formula is C15H18N2O5. The predicted molar refractivity (Wildman–Crippen MR) is 79.5 cm³/mol. The Bertz CT molecular complexity index is 639. The van der Waals surface area contributed by atoms with E-state index in [0.29, 0.717) is 29.0 Å².